The van der Waals surface area contributed by atoms with Crippen molar-refractivity contribution in [3.05, 3.63) is 53.3 Å². The maximum atomic E-state index is 12.0. The van der Waals surface area contributed by atoms with Gasteiger partial charge in [0.15, 0.2) is 0 Å². The number of carbonyl (C=O) groups excluding carboxylic acids is 1. The molecular weight excluding hydrogens is 252 g/mol. The summed E-state index contributed by atoms with van der Waals surface area (Å²) in [5, 5.41) is 3.27. The molecule has 0 aliphatic rings. The van der Waals surface area contributed by atoms with Crippen LogP contribution >= 0.6 is 11.6 Å². The van der Waals surface area contributed by atoms with Gasteiger partial charge in [-0.3, -0.25) is 9.78 Å². The molecule has 1 N–H and O–H groups in total. The molecule has 0 aliphatic heterocycles. The van der Waals surface area contributed by atoms with Crippen LogP contribution in [0.3, 0.4) is 0 Å². The van der Waals surface area contributed by atoms with Gasteiger partial charge in [-0.25, -0.2) is 0 Å². The molecule has 0 bridgehead atoms. The second-order valence-corrected chi connectivity index (χ2v) is 3.97. The number of rotatable bonds is 3. The largest absolute Gasteiger partial charge is 0.495 e. The Morgan fingerprint density at radius 2 is 2.00 bits per heavy atom. The number of halogens is 1. The third kappa shape index (κ3) is 2.78. The summed E-state index contributed by atoms with van der Waals surface area (Å²) in [7, 11) is 1.53. The second-order valence-electron chi connectivity index (χ2n) is 3.53. The van der Waals surface area contributed by atoms with Crippen molar-refractivity contribution in [2.75, 3.05) is 12.4 Å². The van der Waals surface area contributed by atoms with Crippen LogP contribution in [0.2, 0.25) is 5.02 Å². The normalized spacial score (nSPS) is 9.89. The summed E-state index contributed by atoms with van der Waals surface area (Å²) >= 11 is 5.89. The number of ether oxygens (including phenoxy) is 1. The van der Waals surface area contributed by atoms with Crippen molar-refractivity contribution in [2.24, 2.45) is 0 Å². The first-order valence-corrected chi connectivity index (χ1v) is 5.63. The van der Waals surface area contributed by atoms with Crippen molar-refractivity contribution in [3.8, 4) is 5.75 Å². The zero-order valence-corrected chi connectivity index (χ0v) is 10.4. The van der Waals surface area contributed by atoms with Gasteiger partial charge in [0, 0.05) is 23.0 Å². The van der Waals surface area contributed by atoms with Gasteiger partial charge < -0.3 is 10.1 Å². The molecule has 2 rings (SSSR count). The molecular formula is C13H11ClN2O2. The van der Waals surface area contributed by atoms with Crippen molar-refractivity contribution < 1.29 is 9.53 Å². The molecule has 1 amide bonds. The molecule has 0 spiro atoms. The molecule has 2 aromatic rings. The molecule has 1 aromatic heterocycles. The van der Waals surface area contributed by atoms with Crippen LogP contribution in [0.15, 0.2) is 42.7 Å². The van der Waals surface area contributed by atoms with Crippen LogP contribution in [0.5, 0.6) is 5.75 Å². The van der Waals surface area contributed by atoms with Crippen molar-refractivity contribution in [3.63, 3.8) is 0 Å². The molecule has 18 heavy (non-hydrogen) atoms. The number of benzene rings is 1. The van der Waals surface area contributed by atoms with E-state index in [1.807, 2.05) is 0 Å². The quantitative estimate of drug-likeness (QED) is 0.925. The Balaban J connectivity index is 2.24. The minimum atomic E-state index is -0.238. The van der Waals surface area contributed by atoms with Crippen LogP contribution in [0.25, 0.3) is 0 Å². The van der Waals surface area contributed by atoms with Gasteiger partial charge in [0.1, 0.15) is 5.75 Å². The van der Waals surface area contributed by atoms with Crippen LogP contribution in [-0.4, -0.2) is 18.0 Å². The van der Waals surface area contributed by atoms with E-state index in [1.54, 1.807) is 42.7 Å². The smallest absolute Gasteiger partial charge is 0.255 e. The fourth-order valence-electron chi connectivity index (χ4n) is 1.48. The zero-order valence-electron chi connectivity index (χ0n) is 9.68. The molecule has 0 aliphatic carbocycles. The summed E-state index contributed by atoms with van der Waals surface area (Å²) in [5.41, 5.74) is 1.05. The average molecular weight is 263 g/mol. The Kier molecular flexibility index (Phi) is 3.79. The molecule has 0 saturated heterocycles. The summed E-state index contributed by atoms with van der Waals surface area (Å²) in [6, 6.07) is 8.30. The number of nitrogens with zero attached hydrogens (tertiary/aromatic N) is 1. The summed E-state index contributed by atoms with van der Waals surface area (Å²) < 4.78 is 5.15. The number of methoxy groups -OCH3 is 1. The van der Waals surface area contributed by atoms with E-state index in [1.165, 1.54) is 7.11 Å². The van der Waals surface area contributed by atoms with E-state index < -0.39 is 0 Å². The number of amides is 1. The lowest BCUT2D eigenvalue weighted by Crippen LogP contribution is -2.12. The van der Waals surface area contributed by atoms with Crippen LogP contribution < -0.4 is 10.1 Å². The highest BCUT2D eigenvalue weighted by Crippen LogP contribution is 2.27. The van der Waals surface area contributed by atoms with Gasteiger partial charge in [-0.1, -0.05) is 11.6 Å². The van der Waals surface area contributed by atoms with E-state index in [0.29, 0.717) is 22.0 Å². The number of aromatic nitrogens is 1. The number of carbonyl (C=O) groups is 1. The van der Waals surface area contributed by atoms with Gasteiger partial charge >= 0.3 is 0 Å². The maximum absolute atomic E-state index is 12.0. The first-order valence-electron chi connectivity index (χ1n) is 5.25. The van der Waals surface area contributed by atoms with Crippen molar-refractivity contribution >= 4 is 23.2 Å². The first-order chi connectivity index (χ1) is 8.70. The predicted molar refractivity (Wildman–Crippen MR) is 70.2 cm³/mol. The van der Waals surface area contributed by atoms with Gasteiger partial charge in [-0.15, -0.1) is 0 Å². The zero-order chi connectivity index (χ0) is 13.0. The fraction of sp³-hybridized carbons (Fsp3) is 0.0769. The molecule has 0 saturated carbocycles. The van der Waals surface area contributed by atoms with Crippen molar-refractivity contribution in [1.82, 2.24) is 4.98 Å². The predicted octanol–water partition coefficient (Wildman–Crippen LogP) is 3.00. The maximum Gasteiger partial charge on any atom is 0.255 e. The number of nitrogens with one attached hydrogen (secondary N) is 1. The van der Waals surface area contributed by atoms with Gasteiger partial charge in [-0.2, -0.15) is 0 Å². The van der Waals surface area contributed by atoms with Crippen LogP contribution in [-0.2, 0) is 0 Å². The Morgan fingerprint density at radius 1 is 1.28 bits per heavy atom. The fourth-order valence-corrected chi connectivity index (χ4v) is 1.65. The van der Waals surface area contributed by atoms with Crippen LogP contribution in [0.1, 0.15) is 10.4 Å². The molecule has 0 unspecified atom stereocenters. The number of anilines is 1. The van der Waals surface area contributed by atoms with Gasteiger partial charge in [0.2, 0.25) is 0 Å². The van der Waals surface area contributed by atoms with E-state index in [0.717, 1.165) is 0 Å². The number of hydrogen-bond donors (Lipinski definition) is 1. The minimum Gasteiger partial charge on any atom is -0.495 e. The van der Waals surface area contributed by atoms with Gasteiger partial charge in [0.05, 0.1) is 12.8 Å². The minimum absolute atomic E-state index is 0.238. The Hall–Kier alpha value is -2.07. The lowest BCUT2D eigenvalue weighted by atomic mass is 10.2. The van der Waals surface area contributed by atoms with E-state index >= 15 is 0 Å². The SMILES string of the molecule is COc1ccc(Cl)cc1NC(=O)c1ccncc1. The van der Waals surface area contributed by atoms with E-state index in [-0.39, 0.29) is 5.91 Å². The topological polar surface area (TPSA) is 51.2 Å². The second kappa shape index (κ2) is 5.51. The molecule has 1 aromatic carbocycles. The number of pyridine rings is 1. The summed E-state index contributed by atoms with van der Waals surface area (Å²) in [5.74, 6) is 0.319. The molecule has 92 valence electrons. The van der Waals surface area contributed by atoms with E-state index in [4.69, 9.17) is 16.3 Å². The Labute approximate surface area is 110 Å². The third-order valence-electron chi connectivity index (χ3n) is 2.35. The van der Waals surface area contributed by atoms with Gasteiger partial charge in [-0.05, 0) is 30.3 Å². The highest BCUT2D eigenvalue weighted by molar-refractivity contribution is 6.31. The molecule has 0 atom stereocenters. The standard InChI is InChI=1S/C13H11ClN2O2/c1-18-12-3-2-10(14)8-11(12)16-13(17)9-4-6-15-7-5-9/h2-8H,1H3,(H,16,17). The average Bonchev–Trinajstić information content (AvgIpc) is 2.40. The number of hydrogen-bond acceptors (Lipinski definition) is 3. The highest BCUT2D eigenvalue weighted by Gasteiger charge is 2.09. The monoisotopic (exact) mass is 262 g/mol. The molecule has 5 heteroatoms. The lowest BCUT2D eigenvalue weighted by Gasteiger charge is -2.10. The molecule has 1 heterocycles. The third-order valence-corrected chi connectivity index (χ3v) is 2.59. The first kappa shape index (κ1) is 12.4. The van der Waals surface area contributed by atoms with Crippen molar-refractivity contribution in [1.29, 1.82) is 0 Å². The highest BCUT2D eigenvalue weighted by atomic mass is 35.5. The Bertz CT molecular complexity index is 558. The summed E-state index contributed by atoms with van der Waals surface area (Å²) in [6.45, 7) is 0. The molecule has 4 nitrogen and oxygen atoms in total. The summed E-state index contributed by atoms with van der Waals surface area (Å²) in [4.78, 5) is 15.8. The van der Waals surface area contributed by atoms with Gasteiger partial charge in [0.25, 0.3) is 5.91 Å². The molecule has 0 fully saturated rings. The van der Waals surface area contributed by atoms with E-state index in [2.05, 4.69) is 10.3 Å². The van der Waals surface area contributed by atoms with Crippen LogP contribution in [0.4, 0.5) is 5.69 Å². The Morgan fingerprint density at radius 3 is 2.67 bits per heavy atom. The van der Waals surface area contributed by atoms with E-state index in [9.17, 15) is 4.79 Å². The summed E-state index contributed by atoms with van der Waals surface area (Å²) in [6.07, 6.45) is 3.12. The molecule has 0 radical (unpaired) electrons. The van der Waals surface area contributed by atoms with Crippen LogP contribution in [0, 0.1) is 0 Å². The lowest BCUT2D eigenvalue weighted by molar-refractivity contribution is 0.102. The van der Waals surface area contributed by atoms with Crippen molar-refractivity contribution in [2.45, 2.75) is 0 Å².